The molecule has 1 unspecified atom stereocenters. The molecule has 1 N–H and O–H groups in total. The quantitative estimate of drug-likeness (QED) is 0.927. The van der Waals surface area contributed by atoms with Crippen LogP contribution in [0.2, 0.25) is 5.02 Å². The smallest absolute Gasteiger partial charge is 0.306 e. The molecule has 1 aromatic carbocycles. The third-order valence-corrected chi connectivity index (χ3v) is 4.96. The zero-order chi connectivity index (χ0) is 15.7. The molecular formula is C16H19ClN2O3. The molecule has 2 aliphatic rings. The number of piperidine rings is 1. The first-order valence-electron chi connectivity index (χ1n) is 7.60. The van der Waals surface area contributed by atoms with E-state index in [4.69, 9.17) is 16.7 Å². The molecule has 6 heteroatoms. The lowest BCUT2D eigenvalue weighted by Gasteiger charge is -2.33. The van der Waals surface area contributed by atoms with Crippen LogP contribution in [0.15, 0.2) is 24.3 Å². The van der Waals surface area contributed by atoms with Crippen LogP contribution in [0.3, 0.4) is 0 Å². The minimum absolute atomic E-state index is 0.0712. The van der Waals surface area contributed by atoms with Crippen molar-refractivity contribution in [1.29, 1.82) is 0 Å². The Morgan fingerprint density at radius 3 is 2.45 bits per heavy atom. The predicted molar refractivity (Wildman–Crippen MR) is 84.1 cm³/mol. The molecular weight excluding hydrogens is 304 g/mol. The summed E-state index contributed by atoms with van der Waals surface area (Å²) < 4.78 is 0. The summed E-state index contributed by atoms with van der Waals surface area (Å²) in [5, 5.41) is 9.64. The molecule has 1 atom stereocenters. The Balaban J connectivity index is 1.67. The van der Waals surface area contributed by atoms with Crippen LogP contribution in [0.25, 0.3) is 0 Å². The highest BCUT2D eigenvalue weighted by Crippen LogP contribution is 2.31. The average molecular weight is 323 g/mol. The van der Waals surface area contributed by atoms with Gasteiger partial charge in [-0.25, -0.2) is 0 Å². The lowest BCUT2D eigenvalue weighted by Crippen LogP contribution is -2.46. The fourth-order valence-corrected chi connectivity index (χ4v) is 3.61. The number of rotatable bonds is 3. The van der Waals surface area contributed by atoms with Crippen molar-refractivity contribution in [2.45, 2.75) is 25.3 Å². The number of carboxylic acids is 1. The summed E-state index contributed by atoms with van der Waals surface area (Å²) in [6, 6.07) is 7.22. The number of likely N-dealkylation sites (tertiary alicyclic amines) is 1. The Morgan fingerprint density at radius 1 is 1.14 bits per heavy atom. The Morgan fingerprint density at radius 2 is 1.82 bits per heavy atom. The predicted octanol–water partition coefficient (Wildman–Crippen LogP) is 2.24. The van der Waals surface area contributed by atoms with Crippen LogP contribution >= 0.6 is 11.6 Å². The second kappa shape index (κ2) is 6.26. The van der Waals surface area contributed by atoms with E-state index in [-0.39, 0.29) is 17.9 Å². The van der Waals surface area contributed by atoms with Crippen molar-refractivity contribution in [1.82, 2.24) is 4.90 Å². The Labute approximate surface area is 134 Å². The van der Waals surface area contributed by atoms with Crippen LogP contribution < -0.4 is 4.90 Å². The fourth-order valence-electron chi connectivity index (χ4n) is 3.37. The zero-order valence-electron chi connectivity index (χ0n) is 12.2. The van der Waals surface area contributed by atoms with Crippen molar-refractivity contribution in [2.75, 3.05) is 24.5 Å². The van der Waals surface area contributed by atoms with Gasteiger partial charge in [-0.05, 0) is 44.5 Å². The van der Waals surface area contributed by atoms with Gasteiger partial charge in [0, 0.05) is 6.54 Å². The Hall–Kier alpha value is -1.59. The lowest BCUT2D eigenvalue weighted by molar-refractivity contribution is -0.143. The molecule has 2 fully saturated rings. The second-order valence-electron chi connectivity index (χ2n) is 5.89. The summed E-state index contributed by atoms with van der Waals surface area (Å²) in [6.45, 7) is 2.00. The Kier molecular flexibility index (Phi) is 4.36. The van der Waals surface area contributed by atoms with Crippen LogP contribution in [0.4, 0.5) is 5.69 Å². The maximum atomic E-state index is 12.7. The highest BCUT2D eigenvalue weighted by atomic mass is 35.5. The van der Waals surface area contributed by atoms with E-state index in [1.165, 1.54) is 0 Å². The number of anilines is 1. The summed E-state index contributed by atoms with van der Waals surface area (Å²) in [4.78, 5) is 27.6. The molecule has 22 heavy (non-hydrogen) atoms. The van der Waals surface area contributed by atoms with E-state index in [2.05, 4.69) is 4.90 Å². The minimum atomic E-state index is -0.727. The van der Waals surface area contributed by atoms with E-state index < -0.39 is 5.97 Å². The van der Waals surface area contributed by atoms with Crippen LogP contribution in [0, 0.1) is 5.92 Å². The SMILES string of the molecule is O=C(O)C1CCN(C2CCN(c3ccccc3Cl)C2=O)CC1. The summed E-state index contributed by atoms with van der Waals surface area (Å²) in [5.74, 6) is -0.926. The third kappa shape index (κ3) is 2.83. The number of amides is 1. The van der Waals surface area contributed by atoms with Crippen molar-refractivity contribution in [3.8, 4) is 0 Å². The topological polar surface area (TPSA) is 60.9 Å². The number of hydrogen-bond acceptors (Lipinski definition) is 3. The molecule has 0 radical (unpaired) electrons. The number of carbonyl (C=O) groups excluding carboxylic acids is 1. The number of carbonyl (C=O) groups is 2. The zero-order valence-corrected chi connectivity index (χ0v) is 13.0. The van der Waals surface area contributed by atoms with E-state index in [0.717, 1.165) is 12.1 Å². The van der Waals surface area contributed by atoms with E-state index >= 15 is 0 Å². The van der Waals surface area contributed by atoms with Gasteiger partial charge in [-0.3, -0.25) is 14.5 Å². The highest BCUT2D eigenvalue weighted by molar-refractivity contribution is 6.33. The monoisotopic (exact) mass is 322 g/mol. The van der Waals surface area contributed by atoms with Crippen LogP contribution in [-0.4, -0.2) is 47.6 Å². The van der Waals surface area contributed by atoms with Gasteiger partial charge in [0.2, 0.25) is 5.91 Å². The van der Waals surface area contributed by atoms with Crippen molar-refractivity contribution in [2.24, 2.45) is 5.92 Å². The molecule has 0 spiro atoms. The van der Waals surface area contributed by atoms with Crippen molar-refractivity contribution in [3.05, 3.63) is 29.3 Å². The first kappa shape index (κ1) is 15.3. The molecule has 2 heterocycles. The number of aliphatic carboxylic acids is 1. The average Bonchev–Trinajstić information content (AvgIpc) is 2.89. The first-order chi connectivity index (χ1) is 10.6. The van der Waals surface area contributed by atoms with E-state index in [9.17, 15) is 9.59 Å². The van der Waals surface area contributed by atoms with E-state index in [1.807, 2.05) is 18.2 Å². The summed E-state index contributed by atoms with van der Waals surface area (Å²) in [6.07, 6.45) is 2.00. The number of nitrogens with zero attached hydrogens (tertiary/aromatic N) is 2. The molecule has 0 aliphatic carbocycles. The van der Waals surface area contributed by atoms with Crippen LogP contribution in [-0.2, 0) is 9.59 Å². The molecule has 0 aromatic heterocycles. The van der Waals surface area contributed by atoms with Gasteiger partial charge in [0.15, 0.2) is 0 Å². The minimum Gasteiger partial charge on any atom is -0.481 e. The van der Waals surface area contributed by atoms with Crippen molar-refractivity contribution >= 4 is 29.2 Å². The number of para-hydroxylation sites is 1. The largest absolute Gasteiger partial charge is 0.481 e. The van der Waals surface area contributed by atoms with Gasteiger partial charge in [0.05, 0.1) is 22.7 Å². The summed E-state index contributed by atoms with van der Waals surface area (Å²) in [5.41, 5.74) is 0.761. The first-order valence-corrected chi connectivity index (χ1v) is 7.98. The molecule has 2 aliphatic heterocycles. The van der Waals surface area contributed by atoms with E-state index in [0.29, 0.717) is 37.5 Å². The number of halogens is 1. The highest BCUT2D eigenvalue weighted by Gasteiger charge is 2.39. The fraction of sp³-hybridized carbons (Fsp3) is 0.500. The van der Waals surface area contributed by atoms with Gasteiger partial charge in [0.1, 0.15) is 0 Å². The van der Waals surface area contributed by atoms with Crippen molar-refractivity contribution in [3.63, 3.8) is 0 Å². The molecule has 1 aromatic rings. The summed E-state index contributed by atoms with van der Waals surface area (Å²) in [7, 11) is 0. The van der Waals surface area contributed by atoms with Gasteiger partial charge in [0.25, 0.3) is 0 Å². The molecule has 3 rings (SSSR count). The maximum absolute atomic E-state index is 12.7. The number of carboxylic acid groups (broad SMARTS) is 1. The molecule has 5 nitrogen and oxygen atoms in total. The molecule has 0 saturated carbocycles. The van der Waals surface area contributed by atoms with Gasteiger partial charge in [-0.15, -0.1) is 0 Å². The van der Waals surface area contributed by atoms with Gasteiger partial charge >= 0.3 is 5.97 Å². The van der Waals surface area contributed by atoms with E-state index in [1.54, 1.807) is 11.0 Å². The maximum Gasteiger partial charge on any atom is 0.306 e. The van der Waals surface area contributed by atoms with Gasteiger partial charge in [-0.2, -0.15) is 0 Å². The molecule has 2 saturated heterocycles. The normalized spacial score (nSPS) is 24.0. The number of hydrogen-bond donors (Lipinski definition) is 1. The third-order valence-electron chi connectivity index (χ3n) is 4.64. The molecule has 0 bridgehead atoms. The number of benzene rings is 1. The molecule has 1 amide bonds. The summed E-state index contributed by atoms with van der Waals surface area (Å²) >= 11 is 6.18. The van der Waals surface area contributed by atoms with Crippen molar-refractivity contribution < 1.29 is 14.7 Å². The van der Waals surface area contributed by atoms with Crippen LogP contribution in [0.5, 0.6) is 0 Å². The van der Waals surface area contributed by atoms with Gasteiger partial charge in [-0.1, -0.05) is 23.7 Å². The Bertz CT molecular complexity index is 585. The second-order valence-corrected chi connectivity index (χ2v) is 6.30. The van der Waals surface area contributed by atoms with Crippen LogP contribution in [0.1, 0.15) is 19.3 Å². The standard InChI is InChI=1S/C16H19ClN2O3/c17-12-3-1-2-4-13(12)19-10-7-14(15(19)20)18-8-5-11(6-9-18)16(21)22/h1-4,11,14H,5-10H2,(H,21,22). The molecule has 118 valence electrons. The van der Waals surface area contributed by atoms with Gasteiger partial charge < -0.3 is 10.0 Å². The lowest BCUT2D eigenvalue weighted by atomic mass is 9.96.